The maximum absolute atomic E-state index is 13.2. The molecule has 34 heavy (non-hydrogen) atoms. The number of urea groups is 1. The van der Waals surface area contributed by atoms with Crippen LogP contribution in [0, 0.1) is 0 Å². The summed E-state index contributed by atoms with van der Waals surface area (Å²) in [6, 6.07) is 6.90. The fourth-order valence-electron chi connectivity index (χ4n) is 3.70. The maximum atomic E-state index is 13.2. The minimum Gasteiger partial charge on any atom is -0.463 e. The minimum atomic E-state index is -0.481. The average molecular weight is 487 g/mol. The molecule has 0 bridgehead atoms. The highest BCUT2D eigenvalue weighted by atomic mass is 32.2. The quantitative estimate of drug-likeness (QED) is 0.252. The Kier molecular flexibility index (Phi) is 7.48. The van der Waals surface area contributed by atoms with E-state index in [1.54, 1.807) is 17.6 Å². The number of rotatable bonds is 10. The molecule has 0 saturated carbocycles. The zero-order valence-corrected chi connectivity index (χ0v) is 19.8. The Hall–Kier alpha value is -3.38. The normalized spacial score (nSPS) is 13.9. The molecular weight excluding hydrogens is 460 g/mol. The molecule has 2 N–H and O–H groups in total. The summed E-state index contributed by atoms with van der Waals surface area (Å²) in [5, 5.41) is 15.0. The molecule has 0 unspecified atom stereocenters. The lowest BCUT2D eigenvalue weighted by Gasteiger charge is -2.20. The third kappa shape index (κ3) is 4.77. The first kappa shape index (κ1) is 23.8. The van der Waals surface area contributed by atoms with Gasteiger partial charge < -0.3 is 20.1 Å². The molecule has 4 rings (SSSR count). The topological polar surface area (TPSA) is 129 Å². The van der Waals surface area contributed by atoms with Gasteiger partial charge >= 0.3 is 12.0 Å². The molecule has 11 nitrogen and oxygen atoms in total. The van der Waals surface area contributed by atoms with Gasteiger partial charge in [0.25, 0.3) is 5.56 Å². The van der Waals surface area contributed by atoms with Crippen LogP contribution in [0.5, 0.6) is 0 Å². The second-order valence-corrected chi connectivity index (χ2v) is 8.36. The van der Waals surface area contributed by atoms with Crippen molar-refractivity contribution in [2.75, 3.05) is 32.1 Å². The number of carbonyl (C=O) groups excluding carboxylic acids is 2. The second-order valence-electron chi connectivity index (χ2n) is 7.42. The lowest BCUT2D eigenvalue weighted by Crippen LogP contribution is -2.44. The first-order chi connectivity index (χ1) is 16.5. The zero-order chi connectivity index (χ0) is 24.1. The molecule has 0 radical (unpaired) electrons. The van der Waals surface area contributed by atoms with Gasteiger partial charge in [-0.2, -0.15) is 0 Å². The largest absolute Gasteiger partial charge is 0.463 e. The molecule has 0 saturated heterocycles. The lowest BCUT2D eigenvalue weighted by atomic mass is 10.2. The second kappa shape index (κ2) is 10.7. The maximum Gasteiger partial charge on any atom is 0.337 e. The Balaban J connectivity index is 1.71. The molecule has 0 aliphatic carbocycles. The number of aryl methyl sites for hydroxylation is 1. The van der Waals surface area contributed by atoms with Crippen LogP contribution in [0.15, 0.2) is 45.5 Å². The predicted octanol–water partition coefficient (Wildman–Crippen LogP) is 1.69. The van der Waals surface area contributed by atoms with Crippen molar-refractivity contribution in [1.29, 1.82) is 0 Å². The van der Waals surface area contributed by atoms with Crippen molar-refractivity contribution >= 4 is 40.4 Å². The molecule has 1 aromatic carbocycles. The number of benzene rings is 1. The molecule has 12 heteroatoms. The highest BCUT2D eigenvalue weighted by Gasteiger charge is 2.25. The SMILES string of the molecule is CCOCCCn1c(=O)c2ccccc2n2c(SCC3=C(C(=O)OCC)CNC(=O)N3)nnc12. The summed E-state index contributed by atoms with van der Waals surface area (Å²) in [6.07, 6.45) is 0.659. The summed E-state index contributed by atoms with van der Waals surface area (Å²) in [6.45, 7) is 5.57. The van der Waals surface area contributed by atoms with Gasteiger partial charge in [0, 0.05) is 31.2 Å². The first-order valence-corrected chi connectivity index (χ1v) is 12.0. The number of nitrogens with zero attached hydrogens (tertiary/aromatic N) is 4. The molecule has 0 spiro atoms. The van der Waals surface area contributed by atoms with E-state index in [0.29, 0.717) is 59.3 Å². The van der Waals surface area contributed by atoms with Crippen molar-refractivity contribution in [2.24, 2.45) is 0 Å². The Morgan fingerprint density at radius 3 is 2.79 bits per heavy atom. The van der Waals surface area contributed by atoms with E-state index in [2.05, 4.69) is 20.8 Å². The van der Waals surface area contributed by atoms with Gasteiger partial charge in [-0.15, -0.1) is 10.2 Å². The van der Waals surface area contributed by atoms with Crippen molar-refractivity contribution in [3.63, 3.8) is 0 Å². The van der Waals surface area contributed by atoms with Crippen molar-refractivity contribution in [3.8, 4) is 0 Å². The third-order valence-electron chi connectivity index (χ3n) is 5.27. The van der Waals surface area contributed by atoms with E-state index in [0.717, 1.165) is 0 Å². The van der Waals surface area contributed by atoms with Gasteiger partial charge in [0.1, 0.15) is 0 Å². The van der Waals surface area contributed by atoms with Crippen LogP contribution in [0.3, 0.4) is 0 Å². The van der Waals surface area contributed by atoms with Crippen LogP contribution in [0.4, 0.5) is 4.79 Å². The van der Waals surface area contributed by atoms with Gasteiger partial charge in [0.05, 0.1) is 29.6 Å². The molecular formula is C22H26N6O5S. The number of hydrogen-bond donors (Lipinski definition) is 2. The summed E-state index contributed by atoms with van der Waals surface area (Å²) in [7, 11) is 0. The van der Waals surface area contributed by atoms with Crippen LogP contribution in [0.1, 0.15) is 20.3 Å². The lowest BCUT2D eigenvalue weighted by molar-refractivity contribution is -0.138. The van der Waals surface area contributed by atoms with Crippen LogP contribution in [0.2, 0.25) is 0 Å². The standard InChI is InChI=1S/C22H26N6O5S/c1-3-32-11-7-10-27-18(29)14-8-5-6-9-17(14)28-21(27)25-26-22(28)34-13-16-15(19(30)33-4-2)12-23-20(31)24-16/h5-6,8-9H,3-4,7,10-13H2,1-2H3,(H2,23,24,31). The fourth-order valence-corrected chi connectivity index (χ4v) is 4.63. The summed E-state index contributed by atoms with van der Waals surface area (Å²) in [5.74, 6) is 0.210. The summed E-state index contributed by atoms with van der Waals surface area (Å²) in [5.41, 5.74) is 1.37. The Labute approximate surface area is 199 Å². The molecule has 180 valence electrons. The van der Waals surface area contributed by atoms with Gasteiger partial charge in [-0.1, -0.05) is 23.9 Å². The number of carbonyl (C=O) groups is 2. The molecule has 2 amide bonds. The van der Waals surface area contributed by atoms with Crippen molar-refractivity contribution in [2.45, 2.75) is 32.0 Å². The van der Waals surface area contributed by atoms with E-state index in [1.165, 1.54) is 11.8 Å². The smallest absolute Gasteiger partial charge is 0.337 e. The number of nitrogens with one attached hydrogen (secondary N) is 2. The molecule has 1 aliphatic heterocycles. The number of para-hydroxylation sites is 1. The number of hydrogen-bond acceptors (Lipinski definition) is 8. The van der Waals surface area contributed by atoms with E-state index in [9.17, 15) is 14.4 Å². The monoisotopic (exact) mass is 486 g/mol. The Morgan fingerprint density at radius 1 is 1.18 bits per heavy atom. The molecule has 1 aliphatic rings. The van der Waals surface area contributed by atoms with E-state index >= 15 is 0 Å². The molecule has 3 heterocycles. The molecule has 0 atom stereocenters. The first-order valence-electron chi connectivity index (χ1n) is 11.1. The van der Waals surface area contributed by atoms with Crippen molar-refractivity contribution < 1.29 is 19.1 Å². The van der Waals surface area contributed by atoms with Crippen LogP contribution in [-0.4, -0.2) is 63.3 Å². The average Bonchev–Trinajstić information content (AvgIpc) is 3.26. The number of ether oxygens (including phenoxy) is 2. The Morgan fingerprint density at radius 2 is 2.00 bits per heavy atom. The van der Waals surface area contributed by atoms with Crippen LogP contribution < -0.4 is 16.2 Å². The number of thioether (sulfide) groups is 1. The molecule has 0 fully saturated rings. The van der Waals surface area contributed by atoms with Gasteiger partial charge in [-0.3, -0.25) is 13.8 Å². The number of fused-ring (bicyclic) bond motifs is 3. The van der Waals surface area contributed by atoms with Crippen LogP contribution >= 0.6 is 11.8 Å². The Bertz CT molecular complexity index is 1310. The van der Waals surface area contributed by atoms with E-state index in [1.807, 2.05) is 29.5 Å². The fraction of sp³-hybridized carbons (Fsp3) is 0.409. The summed E-state index contributed by atoms with van der Waals surface area (Å²) < 4.78 is 14.0. The van der Waals surface area contributed by atoms with Crippen molar-refractivity contribution in [1.82, 2.24) is 29.8 Å². The van der Waals surface area contributed by atoms with Gasteiger partial charge in [-0.05, 0) is 32.4 Å². The number of esters is 1. The van der Waals surface area contributed by atoms with Crippen molar-refractivity contribution in [3.05, 3.63) is 45.9 Å². The van der Waals surface area contributed by atoms with Gasteiger partial charge in [0.2, 0.25) is 5.78 Å². The van der Waals surface area contributed by atoms with E-state index in [-0.39, 0.29) is 30.5 Å². The van der Waals surface area contributed by atoms with Crippen LogP contribution in [0.25, 0.3) is 16.7 Å². The number of aromatic nitrogens is 4. The van der Waals surface area contributed by atoms with E-state index in [4.69, 9.17) is 9.47 Å². The third-order valence-corrected chi connectivity index (χ3v) is 6.23. The highest BCUT2D eigenvalue weighted by molar-refractivity contribution is 7.99. The molecule has 3 aromatic rings. The zero-order valence-electron chi connectivity index (χ0n) is 19.0. The summed E-state index contributed by atoms with van der Waals surface area (Å²) in [4.78, 5) is 37.4. The summed E-state index contributed by atoms with van der Waals surface area (Å²) >= 11 is 1.31. The van der Waals surface area contributed by atoms with Gasteiger partial charge in [-0.25, -0.2) is 9.59 Å². The van der Waals surface area contributed by atoms with Gasteiger partial charge in [0.15, 0.2) is 5.16 Å². The molecule has 2 aromatic heterocycles. The minimum absolute atomic E-state index is 0.0868. The van der Waals surface area contributed by atoms with Crippen LogP contribution in [-0.2, 0) is 20.8 Å². The van der Waals surface area contributed by atoms with E-state index < -0.39 is 5.97 Å². The highest BCUT2D eigenvalue weighted by Crippen LogP contribution is 2.24. The number of amides is 2. The predicted molar refractivity (Wildman–Crippen MR) is 127 cm³/mol.